The van der Waals surface area contributed by atoms with Gasteiger partial charge in [0, 0.05) is 34.5 Å². The van der Waals surface area contributed by atoms with E-state index in [0.29, 0.717) is 11.1 Å². The summed E-state index contributed by atoms with van der Waals surface area (Å²) in [4.78, 5) is 25.4. The molecule has 0 saturated carbocycles. The number of carbonyl (C=O) groups excluding carboxylic acids is 2. The van der Waals surface area contributed by atoms with E-state index in [1.807, 2.05) is 102 Å². The molecule has 0 amide bonds. The van der Waals surface area contributed by atoms with E-state index in [-0.39, 0.29) is 5.78 Å². The first-order valence-electron chi connectivity index (χ1n) is 10.6. The highest BCUT2D eigenvalue weighted by Gasteiger charge is 2.19. The molecule has 0 aliphatic rings. The summed E-state index contributed by atoms with van der Waals surface area (Å²) < 4.78 is 6.73. The summed E-state index contributed by atoms with van der Waals surface area (Å²) in [6.07, 6.45) is 4.97. The van der Waals surface area contributed by atoms with Crippen LogP contribution in [0.2, 0.25) is 0 Å². The number of carbonyl (C=O) groups is 2. The van der Waals surface area contributed by atoms with Crippen LogP contribution in [0.3, 0.4) is 0 Å². The molecule has 0 bridgehead atoms. The molecule has 0 aliphatic heterocycles. The van der Waals surface area contributed by atoms with Crippen molar-refractivity contribution in [3.63, 3.8) is 0 Å². The van der Waals surface area contributed by atoms with Crippen LogP contribution in [0.25, 0.3) is 33.4 Å². The van der Waals surface area contributed by atoms with Crippen molar-refractivity contribution < 1.29 is 14.3 Å². The standard InChI is InChI=1S/C29H21NO3/c1-33-28(31)17-15-20-14-16-27-25(18-20)26(19-30(27)22-10-3-2-4-11-22)29(32)24-13-7-9-21-8-5-6-12-23(21)24/h2-19H,1H3. The molecule has 0 radical (unpaired) electrons. The Hall–Kier alpha value is -4.44. The molecule has 0 unspecified atom stereocenters. The molecule has 1 heterocycles. The second kappa shape index (κ2) is 8.60. The van der Waals surface area contributed by atoms with Gasteiger partial charge in [0.05, 0.1) is 12.6 Å². The SMILES string of the molecule is COC(=O)C=Cc1ccc2c(c1)c(C(=O)c1cccc3ccccc13)cn2-c1ccccc1. The van der Waals surface area contributed by atoms with Gasteiger partial charge in [-0.05, 0) is 46.7 Å². The minimum Gasteiger partial charge on any atom is -0.466 e. The zero-order chi connectivity index (χ0) is 22.8. The summed E-state index contributed by atoms with van der Waals surface area (Å²) in [5, 5.41) is 2.77. The van der Waals surface area contributed by atoms with Crippen molar-refractivity contribution >= 4 is 39.5 Å². The Morgan fingerprint density at radius 1 is 0.788 bits per heavy atom. The van der Waals surface area contributed by atoms with Crippen LogP contribution in [0.5, 0.6) is 0 Å². The first kappa shape index (κ1) is 20.5. The van der Waals surface area contributed by atoms with Crippen molar-refractivity contribution in [3.8, 4) is 5.69 Å². The lowest BCUT2D eigenvalue weighted by Gasteiger charge is -2.05. The molecule has 160 valence electrons. The molecule has 5 aromatic rings. The van der Waals surface area contributed by atoms with E-state index in [0.717, 1.165) is 32.9 Å². The Kier molecular flexibility index (Phi) is 5.33. The van der Waals surface area contributed by atoms with Gasteiger partial charge in [-0.25, -0.2) is 4.79 Å². The van der Waals surface area contributed by atoms with Crippen LogP contribution < -0.4 is 0 Å². The molecule has 0 atom stereocenters. The van der Waals surface area contributed by atoms with Crippen LogP contribution in [0.1, 0.15) is 21.5 Å². The van der Waals surface area contributed by atoms with Crippen LogP contribution in [-0.2, 0) is 9.53 Å². The number of esters is 1. The van der Waals surface area contributed by atoms with Gasteiger partial charge in [0.1, 0.15) is 0 Å². The fraction of sp³-hybridized carbons (Fsp3) is 0.0345. The first-order valence-corrected chi connectivity index (χ1v) is 10.6. The van der Waals surface area contributed by atoms with Crippen molar-refractivity contribution in [2.24, 2.45) is 0 Å². The second-order valence-electron chi connectivity index (χ2n) is 7.74. The van der Waals surface area contributed by atoms with E-state index in [2.05, 4.69) is 0 Å². The maximum Gasteiger partial charge on any atom is 0.330 e. The van der Waals surface area contributed by atoms with Gasteiger partial charge in [-0.1, -0.05) is 66.7 Å². The van der Waals surface area contributed by atoms with Gasteiger partial charge < -0.3 is 9.30 Å². The predicted molar refractivity (Wildman–Crippen MR) is 132 cm³/mol. The molecule has 5 rings (SSSR count). The Bertz CT molecular complexity index is 1520. The Labute approximate surface area is 191 Å². The highest BCUT2D eigenvalue weighted by atomic mass is 16.5. The predicted octanol–water partition coefficient (Wildman–Crippen LogP) is 6.20. The number of rotatable bonds is 5. The summed E-state index contributed by atoms with van der Waals surface area (Å²) in [6.45, 7) is 0. The van der Waals surface area contributed by atoms with Crippen molar-refractivity contribution in [2.45, 2.75) is 0 Å². The van der Waals surface area contributed by atoms with Gasteiger partial charge in [-0.2, -0.15) is 0 Å². The number of fused-ring (bicyclic) bond motifs is 2. The fourth-order valence-electron chi connectivity index (χ4n) is 4.14. The molecule has 0 saturated heterocycles. The third-order valence-electron chi connectivity index (χ3n) is 5.75. The molecule has 4 heteroatoms. The molecule has 4 aromatic carbocycles. The molecule has 0 spiro atoms. The molecular weight excluding hydrogens is 410 g/mol. The lowest BCUT2D eigenvalue weighted by Crippen LogP contribution is -2.01. The summed E-state index contributed by atoms with van der Waals surface area (Å²) in [5.41, 5.74) is 3.97. The molecular formula is C29H21NO3. The van der Waals surface area contributed by atoms with Gasteiger partial charge in [-0.15, -0.1) is 0 Å². The highest BCUT2D eigenvalue weighted by molar-refractivity contribution is 6.21. The number of para-hydroxylation sites is 1. The highest BCUT2D eigenvalue weighted by Crippen LogP contribution is 2.30. The van der Waals surface area contributed by atoms with Crippen LogP contribution >= 0.6 is 0 Å². The first-order chi connectivity index (χ1) is 16.2. The normalized spacial score (nSPS) is 11.3. The Morgan fingerprint density at radius 3 is 2.36 bits per heavy atom. The van der Waals surface area contributed by atoms with Gasteiger partial charge >= 0.3 is 5.97 Å². The summed E-state index contributed by atoms with van der Waals surface area (Å²) in [7, 11) is 1.34. The summed E-state index contributed by atoms with van der Waals surface area (Å²) in [6, 6.07) is 29.5. The van der Waals surface area contributed by atoms with E-state index < -0.39 is 5.97 Å². The molecule has 0 N–H and O–H groups in total. The third-order valence-corrected chi connectivity index (χ3v) is 5.75. The van der Waals surface area contributed by atoms with Gasteiger partial charge in [0.25, 0.3) is 0 Å². The average Bonchev–Trinajstić information content (AvgIpc) is 3.26. The van der Waals surface area contributed by atoms with Gasteiger partial charge in [-0.3, -0.25) is 4.79 Å². The molecule has 4 nitrogen and oxygen atoms in total. The zero-order valence-electron chi connectivity index (χ0n) is 18.1. The van der Waals surface area contributed by atoms with Crippen molar-refractivity contribution in [1.29, 1.82) is 0 Å². The number of nitrogens with zero attached hydrogens (tertiary/aromatic N) is 1. The van der Waals surface area contributed by atoms with Crippen molar-refractivity contribution in [3.05, 3.63) is 120 Å². The number of aromatic nitrogens is 1. The Balaban J connectivity index is 1.72. The lowest BCUT2D eigenvalue weighted by atomic mass is 9.96. The number of hydrogen-bond donors (Lipinski definition) is 0. The number of ether oxygens (including phenoxy) is 1. The topological polar surface area (TPSA) is 48.3 Å². The van der Waals surface area contributed by atoms with Crippen molar-refractivity contribution in [1.82, 2.24) is 4.57 Å². The average molecular weight is 431 g/mol. The number of benzene rings is 4. The quantitative estimate of drug-likeness (QED) is 0.189. The van der Waals surface area contributed by atoms with Crippen molar-refractivity contribution in [2.75, 3.05) is 7.11 Å². The molecule has 0 aliphatic carbocycles. The number of methoxy groups -OCH3 is 1. The second-order valence-corrected chi connectivity index (χ2v) is 7.74. The minimum atomic E-state index is -0.427. The van der Waals surface area contributed by atoms with E-state index in [1.54, 1.807) is 6.08 Å². The van der Waals surface area contributed by atoms with Crippen LogP contribution in [0.4, 0.5) is 0 Å². The van der Waals surface area contributed by atoms with Gasteiger partial charge in [0.15, 0.2) is 5.78 Å². The van der Waals surface area contributed by atoms with Crippen LogP contribution in [-0.4, -0.2) is 23.4 Å². The van der Waals surface area contributed by atoms with Crippen LogP contribution in [0.15, 0.2) is 103 Å². The maximum absolute atomic E-state index is 13.8. The molecule has 0 fully saturated rings. The van der Waals surface area contributed by atoms with E-state index in [4.69, 9.17) is 4.74 Å². The van der Waals surface area contributed by atoms with Crippen LogP contribution in [0, 0.1) is 0 Å². The summed E-state index contributed by atoms with van der Waals surface area (Å²) in [5.74, 6) is -0.468. The minimum absolute atomic E-state index is 0.0411. The van der Waals surface area contributed by atoms with E-state index >= 15 is 0 Å². The lowest BCUT2D eigenvalue weighted by molar-refractivity contribution is -0.134. The number of ketones is 1. The summed E-state index contributed by atoms with van der Waals surface area (Å²) >= 11 is 0. The monoisotopic (exact) mass is 431 g/mol. The maximum atomic E-state index is 13.8. The smallest absolute Gasteiger partial charge is 0.330 e. The third kappa shape index (κ3) is 3.83. The van der Waals surface area contributed by atoms with Gasteiger partial charge in [0.2, 0.25) is 0 Å². The fourth-order valence-corrected chi connectivity index (χ4v) is 4.14. The Morgan fingerprint density at radius 2 is 1.55 bits per heavy atom. The number of hydrogen-bond acceptors (Lipinski definition) is 3. The van der Waals surface area contributed by atoms with E-state index in [1.165, 1.54) is 13.2 Å². The zero-order valence-corrected chi connectivity index (χ0v) is 18.1. The molecule has 33 heavy (non-hydrogen) atoms. The molecule has 1 aromatic heterocycles. The largest absolute Gasteiger partial charge is 0.466 e. The van der Waals surface area contributed by atoms with E-state index in [9.17, 15) is 9.59 Å².